The van der Waals surface area contributed by atoms with Crippen molar-refractivity contribution >= 4 is 17.3 Å². The van der Waals surface area contributed by atoms with Gasteiger partial charge in [0.1, 0.15) is 5.82 Å². The third-order valence-electron chi connectivity index (χ3n) is 3.25. The molecule has 0 radical (unpaired) electrons. The first kappa shape index (κ1) is 15.2. The van der Waals surface area contributed by atoms with Gasteiger partial charge in [0.25, 0.3) is 0 Å². The van der Waals surface area contributed by atoms with Gasteiger partial charge in [-0.05, 0) is 31.9 Å². The third-order valence-corrected chi connectivity index (χ3v) is 3.25. The van der Waals surface area contributed by atoms with Gasteiger partial charge in [0.2, 0.25) is 0 Å². The van der Waals surface area contributed by atoms with Gasteiger partial charge in [-0.25, -0.2) is 9.18 Å². The van der Waals surface area contributed by atoms with Crippen LogP contribution in [0.5, 0.6) is 0 Å². The number of carboxylic acid groups (broad SMARTS) is 1. The number of aliphatic hydroxyl groups is 1. The quantitative estimate of drug-likeness (QED) is 0.593. The lowest BCUT2D eigenvalue weighted by molar-refractivity contribution is 0.0692. The fourth-order valence-corrected chi connectivity index (χ4v) is 1.76. The number of nitrogen functional groups attached to an aromatic ring is 1. The number of carboxylic acids is 1. The number of hydrogen-bond acceptors (Lipinski definition) is 4. The largest absolute Gasteiger partial charge is 0.478 e. The molecule has 0 bridgehead atoms. The van der Waals surface area contributed by atoms with E-state index in [4.69, 9.17) is 15.9 Å². The monoisotopic (exact) mass is 270 g/mol. The minimum Gasteiger partial charge on any atom is -0.478 e. The van der Waals surface area contributed by atoms with Crippen LogP contribution in [-0.2, 0) is 0 Å². The fourth-order valence-electron chi connectivity index (χ4n) is 1.76. The molecule has 0 aliphatic rings. The van der Waals surface area contributed by atoms with Gasteiger partial charge in [-0.15, -0.1) is 0 Å². The highest BCUT2D eigenvalue weighted by Gasteiger charge is 2.23. The highest BCUT2D eigenvalue weighted by molar-refractivity contribution is 5.90. The van der Waals surface area contributed by atoms with Crippen LogP contribution in [0.4, 0.5) is 15.8 Å². The minimum atomic E-state index is -1.36. The summed E-state index contributed by atoms with van der Waals surface area (Å²) in [5, 5.41) is 20.9. The van der Waals surface area contributed by atoms with Crippen LogP contribution in [0.25, 0.3) is 0 Å². The average molecular weight is 270 g/mol. The summed E-state index contributed by atoms with van der Waals surface area (Å²) in [6.45, 7) is 3.80. The molecule has 0 fully saturated rings. The second-order valence-electron chi connectivity index (χ2n) is 4.74. The summed E-state index contributed by atoms with van der Waals surface area (Å²) in [6, 6.07) is 2.17. The lowest BCUT2D eigenvalue weighted by atomic mass is 9.94. The van der Waals surface area contributed by atoms with Gasteiger partial charge in [-0.2, -0.15) is 0 Å². The molecule has 5 N–H and O–H groups in total. The van der Waals surface area contributed by atoms with Crippen LogP contribution in [0.1, 0.15) is 37.0 Å². The molecule has 0 aromatic heterocycles. The molecule has 106 valence electrons. The van der Waals surface area contributed by atoms with Crippen molar-refractivity contribution in [3.8, 4) is 0 Å². The van der Waals surface area contributed by atoms with Gasteiger partial charge < -0.3 is 21.3 Å². The van der Waals surface area contributed by atoms with Crippen LogP contribution in [0.2, 0.25) is 0 Å². The lowest BCUT2D eigenvalue weighted by Gasteiger charge is -2.31. The SMILES string of the molecule is CCC(C)(CCO)Nc1cc(F)c(C(=O)O)cc1N. The summed E-state index contributed by atoms with van der Waals surface area (Å²) in [5.74, 6) is -2.20. The zero-order valence-corrected chi connectivity index (χ0v) is 11.0. The number of aromatic carboxylic acids is 1. The minimum absolute atomic E-state index is 0.00701. The molecule has 19 heavy (non-hydrogen) atoms. The van der Waals surface area contributed by atoms with Crippen LogP contribution in [0, 0.1) is 5.82 Å². The maximum absolute atomic E-state index is 13.6. The Labute approximate surface area is 111 Å². The van der Waals surface area contributed by atoms with E-state index < -0.39 is 22.9 Å². The first-order chi connectivity index (χ1) is 8.83. The molecule has 0 spiro atoms. The Bertz CT molecular complexity index is 479. The molecule has 1 rings (SSSR count). The van der Waals surface area contributed by atoms with Gasteiger partial charge in [0.05, 0.1) is 16.9 Å². The molecular formula is C13H19FN2O3. The van der Waals surface area contributed by atoms with E-state index in [1.54, 1.807) is 0 Å². The van der Waals surface area contributed by atoms with Crippen molar-refractivity contribution in [2.75, 3.05) is 17.7 Å². The van der Waals surface area contributed by atoms with Crippen molar-refractivity contribution < 1.29 is 19.4 Å². The van der Waals surface area contributed by atoms with E-state index in [0.717, 1.165) is 12.1 Å². The number of hydrogen-bond donors (Lipinski definition) is 4. The molecule has 1 atom stereocenters. The summed E-state index contributed by atoms with van der Waals surface area (Å²) < 4.78 is 13.6. The number of carbonyl (C=O) groups is 1. The molecular weight excluding hydrogens is 251 g/mol. The highest BCUT2D eigenvalue weighted by Crippen LogP contribution is 2.28. The maximum Gasteiger partial charge on any atom is 0.338 e. The van der Waals surface area contributed by atoms with E-state index >= 15 is 0 Å². The summed E-state index contributed by atoms with van der Waals surface area (Å²) >= 11 is 0. The molecule has 6 heteroatoms. The van der Waals surface area contributed by atoms with E-state index in [2.05, 4.69) is 5.32 Å². The van der Waals surface area contributed by atoms with Crippen LogP contribution >= 0.6 is 0 Å². The molecule has 1 unspecified atom stereocenters. The molecule has 1 aromatic carbocycles. The van der Waals surface area contributed by atoms with E-state index in [0.29, 0.717) is 18.5 Å². The Kier molecular flexibility index (Phi) is 4.72. The smallest absolute Gasteiger partial charge is 0.338 e. The predicted octanol–water partition coefficient (Wildman–Crippen LogP) is 2.07. The first-order valence-corrected chi connectivity index (χ1v) is 6.04. The van der Waals surface area contributed by atoms with Crippen molar-refractivity contribution in [1.29, 1.82) is 0 Å². The van der Waals surface area contributed by atoms with Gasteiger partial charge in [-0.1, -0.05) is 6.92 Å². The lowest BCUT2D eigenvalue weighted by Crippen LogP contribution is -2.35. The summed E-state index contributed by atoms with van der Waals surface area (Å²) in [7, 11) is 0. The van der Waals surface area contributed by atoms with Crippen LogP contribution in [0.3, 0.4) is 0 Å². The predicted molar refractivity (Wildman–Crippen MR) is 71.8 cm³/mol. The topological polar surface area (TPSA) is 95.6 Å². The van der Waals surface area contributed by atoms with Gasteiger partial charge in [0, 0.05) is 12.1 Å². The summed E-state index contributed by atoms with van der Waals surface area (Å²) in [5.41, 5.74) is 5.34. The van der Waals surface area contributed by atoms with Crippen LogP contribution in [-0.4, -0.2) is 28.3 Å². The highest BCUT2D eigenvalue weighted by atomic mass is 19.1. The van der Waals surface area contributed by atoms with Crippen molar-refractivity contribution in [1.82, 2.24) is 0 Å². The van der Waals surface area contributed by atoms with Crippen LogP contribution < -0.4 is 11.1 Å². The second-order valence-corrected chi connectivity index (χ2v) is 4.74. The molecule has 0 aliphatic heterocycles. The Morgan fingerprint density at radius 1 is 1.53 bits per heavy atom. The molecule has 1 aromatic rings. The van der Waals surface area contributed by atoms with Gasteiger partial charge in [-0.3, -0.25) is 0 Å². The molecule has 0 aliphatic carbocycles. The third kappa shape index (κ3) is 3.57. The van der Waals surface area contributed by atoms with Crippen molar-refractivity contribution in [2.24, 2.45) is 0 Å². The number of halogens is 1. The van der Waals surface area contributed by atoms with E-state index in [1.807, 2.05) is 13.8 Å². The van der Waals surface area contributed by atoms with E-state index in [1.165, 1.54) is 0 Å². The van der Waals surface area contributed by atoms with Crippen molar-refractivity contribution in [3.63, 3.8) is 0 Å². The standard InChI is InChI=1S/C13H19FN2O3/c1-3-13(2,4-5-17)16-11-7-9(14)8(12(18)19)6-10(11)15/h6-7,16-17H,3-5,15H2,1-2H3,(H,18,19). The van der Waals surface area contributed by atoms with E-state index in [9.17, 15) is 9.18 Å². The zero-order chi connectivity index (χ0) is 14.6. The number of anilines is 2. The molecule has 0 saturated carbocycles. The summed E-state index contributed by atoms with van der Waals surface area (Å²) in [4.78, 5) is 10.8. The number of nitrogens with one attached hydrogen (secondary N) is 1. The van der Waals surface area contributed by atoms with Crippen molar-refractivity contribution in [2.45, 2.75) is 32.2 Å². The Balaban J connectivity index is 3.09. The number of nitrogens with two attached hydrogens (primary N) is 1. The summed E-state index contributed by atoms with van der Waals surface area (Å²) in [6.07, 6.45) is 1.18. The molecule has 0 saturated heterocycles. The average Bonchev–Trinajstić information content (AvgIpc) is 2.33. The Morgan fingerprint density at radius 3 is 2.63 bits per heavy atom. The van der Waals surface area contributed by atoms with Gasteiger partial charge >= 0.3 is 5.97 Å². The number of aliphatic hydroxyl groups excluding tert-OH is 1. The van der Waals surface area contributed by atoms with Crippen LogP contribution in [0.15, 0.2) is 12.1 Å². The zero-order valence-electron chi connectivity index (χ0n) is 11.0. The Morgan fingerprint density at radius 2 is 2.16 bits per heavy atom. The Hall–Kier alpha value is -1.82. The first-order valence-electron chi connectivity index (χ1n) is 6.04. The second kappa shape index (κ2) is 5.88. The number of benzene rings is 1. The number of rotatable bonds is 6. The molecule has 0 amide bonds. The fraction of sp³-hybridized carbons (Fsp3) is 0.462. The normalized spacial score (nSPS) is 13.9. The van der Waals surface area contributed by atoms with Crippen molar-refractivity contribution in [3.05, 3.63) is 23.5 Å². The molecule has 5 nitrogen and oxygen atoms in total. The maximum atomic E-state index is 13.6. The van der Waals surface area contributed by atoms with Gasteiger partial charge in [0.15, 0.2) is 0 Å². The molecule has 0 heterocycles. The van der Waals surface area contributed by atoms with E-state index in [-0.39, 0.29) is 12.3 Å².